The third kappa shape index (κ3) is 4.09. The van der Waals surface area contributed by atoms with E-state index in [1.165, 1.54) is 25.6 Å². The molecule has 3 rings (SSSR count). The van der Waals surface area contributed by atoms with Crippen molar-refractivity contribution in [3.05, 3.63) is 71.4 Å². The van der Waals surface area contributed by atoms with Crippen molar-refractivity contribution < 1.29 is 18.7 Å². The standard InChI is InChI=1S/C21H20FN3O3/c1-3-28-19-7-5-4-6-15(19)18-11-14(24-12-25-18)8-13-9-16(21(23)26)20(27-2)17(22)10-13/h4-7,9-12H,3,8H2,1-2H3,(H2,23,26). The van der Waals surface area contributed by atoms with Crippen LogP contribution in [0.5, 0.6) is 11.5 Å². The van der Waals surface area contributed by atoms with E-state index in [4.69, 9.17) is 15.2 Å². The van der Waals surface area contributed by atoms with Gasteiger partial charge in [0.25, 0.3) is 5.91 Å². The predicted molar refractivity (Wildman–Crippen MR) is 103 cm³/mol. The van der Waals surface area contributed by atoms with Crippen LogP contribution in [0.25, 0.3) is 11.3 Å². The zero-order valence-electron chi connectivity index (χ0n) is 15.6. The SMILES string of the molecule is CCOc1ccccc1-c1cc(Cc2cc(F)c(OC)c(C(N)=O)c2)ncn1. The summed E-state index contributed by atoms with van der Waals surface area (Å²) in [6.45, 7) is 2.45. The van der Waals surface area contributed by atoms with Gasteiger partial charge in [-0.2, -0.15) is 0 Å². The number of primary amides is 1. The highest BCUT2D eigenvalue weighted by molar-refractivity contribution is 5.96. The smallest absolute Gasteiger partial charge is 0.252 e. The molecule has 7 heteroatoms. The van der Waals surface area contributed by atoms with Gasteiger partial charge in [0.1, 0.15) is 12.1 Å². The van der Waals surface area contributed by atoms with Crippen LogP contribution >= 0.6 is 0 Å². The minimum Gasteiger partial charge on any atom is -0.493 e. The molecule has 6 nitrogen and oxygen atoms in total. The van der Waals surface area contributed by atoms with E-state index >= 15 is 0 Å². The average Bonchev–Trinajstić information content (AvgIpc) is 2.68. The van der Waals surface area contributed by atoms with Gasteiger partial charge in [0.2, 0.25) is 0 Å². The third-order valence-electron chi connectivity index (χ3n) is 4.14. The van der Waals surface area contributed by atoms with Crippen LogP contribution in [0.2, 0.25) is 0 Å². The molecule has 2 N–H and O–H groups in total. The van der Waals surface area contributed by atoms with Gasteiger partial charge in [-0.3, -0.25) is 4.79 Å². The van der Waals surface area contributed by atoms with Crippen molar-refractivity contribution >= 4 is 5.91 Å². The van der Waals surface area contributed by atoms with Crippen molar-refractivity contribution in [3.63, 3.8) is 0 Å². The highest BCUT2D eigenvalue weighted by Crippen LogP contribution is 2.29. The van der Waals surface area contributed by atoms with Crippen LogP contribution in [0.3, 0.4) is 0 Å². The summed E-state index contributed by atoms with van der Waals surface area (Å²) >= 11 is 0. The molecule has 2 aromatic carbocycles. The summed E-state index contributed by atoms with van der Waals surface area (Å²) in [5.74, 6) is -0.845. The zero-order valence-corrected chi connectivity index (χ0v) is 15.6. The molecule has 0 atom stereocenters. The average molecular weight is 381 g/mol. The second kappa shape index (κ2) is 8.47. The van der Waals surface area contributed by atoms with E-state index in [1.807, 2.05) is 37.3 Å². The number of amides is 1. The highest BCUT2D eigenvalue weighted by Gasteiger charge is 2.16. The van der Waals surface area contributed by atoms with Crippen LogP contribution in [-0.4, -0.2) is 29.6 Å². The van der Waals surface area contributed by atoms with Gasteiger partial charge in [0, 0.05) is 17.7 Å². The van der Waals surface area contributed by atoms with Crippen LogP contribution in [0.15, 0.2) is 48.8 Å². The van der Waals surface area contributed by atoms with E-state index in [0.29, 0.717) is 30.0 Å². The number of benzene rings is 2. The molecule has 0 aliphatic carbocycles. The number of methoxy groups -OCH3 is 1. The number of carbonyl (C=O) groups excluding carboxylic acids is 1. The molecule has 144 valence electrons. The van der Waals surface area contributed by atoms with Gasteiger partial charge in [-0.1, -0.05) is 12.1 Å². The van der Waals surface area contributed by atoms with Crippen molar-refractivity contribution in [2.45, 2.75) is 13.3 Å². The fourth-order valence-electron chi connectivity index (χ4n) is 2.95. The van der Waals surface area contributed by atoms with Crippen molar-refractivity contribution in [1.82, 2.24) is 9.97 Å². The number of nitrogens with two attached hydrogens (primary N) is 1. The lowest BCUT2D eigenvalue weighted by atomic mass is 10.0. The monoisotopic (exact) mass is 381 g/mol. The maximum atomic E-state index is 14.3. The predicted octanol–water partition coefficient (Wildman–Crippen LogP) is 3.38. The maximum Gasteiger partial charge on any atom is 0.252 e. The van der Waals surface area contributed by atoms with Crippen LogP contribution in [0.1, 0.15) is 28.5 Å². The number of hydrogen-bond donors (Lipinski definition) is 1. The minimum absolute atomic E-state index is 0.00605. The first-order valence-corrected chi connectivity index (χ1v) is 8.72. The molecular formula is C21H20FN3O3. The second-order valence-electron chi connectivity index (χ2n) is 6.02. The Bertz CT molecular complexity index is 1010. The Morgan fingerprint density at radius 3 is 2.68 bits per heavy atom. The zero-order chi connectivity index (χ0) is 20.1. The molecule has 0 bridgehead atoms. The van der Waals surface area contributed by atoms with Gasteiger partial charge < -0.3 is 15.2 Å². The number of hydrogen-bond acceptors (Lipinski definition) is 5. The third-order valence-corrected chi connectivity index (χ3v) is 4.14. The Balaban J connectivity index is 1.95. The number of halogens is 1. The molecule has 1 amide bonds. The number of nitrogens with zero attached hydrogens (tertiary/aromatic N) is 2. The maximum absolute atomic E-state index is 14.3. The Labute approximate surface area is 162 Å². The molecule has 28 heavy (non-hydrogen) atoms. The summed E-state index contributed by atoms with van der Waals surface area (Å²) in [5.41, 5.74) is 8.08. The first-order chi connectivity index (χ1) is 13.5. The van der Waals surface area contributed by atoms with Gasteiger partial charge in [-0.25, -0.2) is 14.4 Å². The lowest BCUT2D eigenvalue weighted by molar-refractivity contribution is 0.0996. The van der Waals surface area contributed by atoms with Crippen molar-refractivity contribution in [2.75, 3.05) is 13.7 Å². The summed E-state index contributed by atoms with van der Waals surface area (Å²) < 4.78 is 24.9. The lowest BCUT2D eigenvalue weighted by Gasteiger charge is -2.11. The van der Waals surface area contributed by atoms with Gasteiger partial charge in [0.05, 0.1) is 25.0 Å². The summed E-state index contributed by atoms with van der Waals surface area (Å²) in [6, 6.07) is 12.2. The number of ether oxygens (including phenoxy) is 2. The Hall–Kier alpha value is -3.48. The molecule has 0 unspecified atom stereocenters. The molecule has 0 aliphatic rings. The van der Waals surface area contributed by atoms with E-state index in [0.717, 1.165) is 11.3 Å². The molecule has 0 fully saturated rings. The lowest BCUT2D eigenvalue weighted by Crippen LogP contribution is -2.14. The first-order valence-electron chi connectivity index (χ1n) is 8.72. The minimum atomic E-state index is -0.758. The van der Waals surface area contributed by atoms with E-state index in [1.54, 1.807) is 0 Å². The van der Waals surface area contributed by atoms with E-state index in [9.17, 15) is 9.18 Å². The molecule has 0 spiro atoms. The van der Waals surface area contributed by atoms with Crippen LogP contribution in [0, 0.1) is 5.82 Å². The molecule has 1 aromatic heterocycles. The summed E-state index contributed by atoms with van der Waals surface area (Å²) in [7, 11) is 1.29. The fraction of sp³-hybridized carbons (Fsp3) is 0.190. The molecule has 0 saturated carbocycles. The van der Waals surface area contributed by atoms with Crippen LogP contribution in [-0.2, 0) is 6.42 Å². The molecule has 1 heterocycles. The molecule has 0 saturated heterocycles. The topological polar surface area (TPSA) is 87.3 Å². The molecule has 0 aliphatic heterocycles. The van der Waals surface area contributed by atoms with E-state index in [2.05, 4.69) is 9.97 Å². The number of carbonyl (C=O) groups is 1. The van der Waals surface area contributed by atoms with Crippen molar-refractivity contribution in [1.29, 1.82) is 0 Å². The Morgan fingerprint density at radius 1 is 1.18 bits per heavy atom. The van der Waals surface area contributed by atoms with Crippen molar-refractivity contribution in [3.8, 4) is 22.8 Å². The molecular weight excluding hydrogens is 361 g/mol. The van der Waals surface area contributed by atoms with E-state index < -0.39 is 11.7 Å². The molecule has 3 aromatic rings. The Kier molecular flexibility index (Phi) is 5.84. The van der Waals surface area contributed by atoms with Gasteiger partial charge in [-0.15, -0.1) is 0 Å². The number of aromatic nitrogens is 2. The second-order valence-corrected chi connectivity index (χ2v) is 6.02. The highest BCUT2D eigenvalue weighted by atomic mass is 19.1. The quantitative estimate of drug-likeness (QED) is 0.678. The largest absolute Gasteiger partial charge is 0.493 e. The summed E-state index contributed by atoms with van der Waals surface area (Å²) in [6.07, 6.45) is 1.75. The summed E-state index contributed by atoms with van der Waals surface area (Å²) in [4.78, 5) is 20.2. The van der Waals surface area contributed by atoms with Gasteiger partial charge in [0.15, 0.2) is 11.6 Å². The van der Waals surface area contributed by atoms with Crippen LogP contribution < -0.4 is 15.2 Å². The van der Waals surface area contributed by atoms with Gasteiger partial charge in [-0.05, 0) is 42.8 Å². The Morgan fingerprint density at radius 2 is 1.96 bits per heavy atom. The first kappa shape index (κ1) is 19.3. The fourth-order valence-corrected chi connectivity index (χ4v) is 2.95. The number of rotatable bonds is 7. The van der Waals surface area contributed by atoms with Gasteiger partial charge >= 0.3 is 0 Å². The number of para-hydroxylation sites is 1. The molecule has 0 radical (unpaired) electrons. The summed E-state index contributed by atoms with van der Waals surface area (Å²) in [5, 5.41) is 0. The normalized spacial score (nSPS) is 10.5. The van der Waals surface area contributed by atoms with Crippen LogP contribution in [0.4, 0.5) is 4.39 Å². The van der Waals surface area contributed by atoms with Crippen molar-refractivity contribution in [2.24, 2.45) is 5.73 Å². The van der Waals surface area contributed by atoms with E-state index in [-0.39, 0.29) is 11.3 Å².